The molecule has 0 radical (unpaired) electrons. The van der Waals surface area contributed by atoms with Crippen molar-refractivity contribution in [3.05, 3.63) is 69.8 Å². The molecule has 0 saturated heterocycles. The molecule has 1 unspecified atom stereocenters. The molecule has 1 fully saturated rings. The van der Waals surface area contributed by atoms with Crippen molar-refractivity contribution in [3.63, 3.8) is 0 Å². The molecule has 0 heterocycles. The molecule has 0 aliphatic heterocycles. The molecule has 1 aliphatic carbocycles. The normalized spacial score (nSPS) is 15.6. The molecule has 0 aromatic heterocycles. The van der Waals surface area contributed by atoms with Gasteiger partial charge in [-0.15, -0.1) is 0 Å². The van der Waals surface area contributed by atoms with Crippen molar-refractivity contribution in [3.8, 4) is 5.75 Å². The van der Waals surface area contributed by atoms with Gasteiger partial charge in [-0.05, 0) is 42.5 Å². The maximum absolute atomic E-state index is 13.4. The van der Waals surface area contributed by atoms with E-state index in [4.69, 9.17) is 9.47 Å². The lowest BCUT2D eigenvalue weighted by atomic mass is 9.78. The topological polar surface area (TPSA) is 108 Å². The van der Waals surface area contributed by atoms with Gasteiger partial charge < -0.3 is 14.8 Å². The maximum Gasteiger partial charge on any atom is 0.328 e. The zero-order valence-corrected chi connectivity index (χ0v) is 18.3. The highest BCUT2D eigenvalue weighted by atomic mass is 16.6. The molecule has 1 amide bonds. The lowest BCUT2D eigenvalue weighted by Gasteiger charge is -2.30. The second kappa shape index (κ2) is 10.3. The SMILES string of the molecule is COC(=O)C(Cc1ccc([N+](=O)[O-])cc1)NC(=O)C1(Cc2ccc(OC)cc2)CCCC1. The number of methoxy groups -OCH3 is 2. The smallest absolute Gasteiger partial charge is 0.328 e. The Kier molecular flexibility index (Phi) is 7.45. The van der Waals surface area contributed by atoms with Crippen LogP contribution < -0.4 is 10.1 Å². The number of esters is 1. The number of nitrogens with zero attached hydrogens (tertiary/aromatic N) is 1. The summed E-state index contributed by atoms with van der Waals surface area (Å²) in [5.74, 6) is 0.0463. The minimum atomic E-state index is -0.873. The van der Waals surface area contributed by atoms with E-state index in [2.05, 4.69) is 5.32 Å². The number of non-ortho nitro benzene ring substituents is 1. The third kappa shape index (κ3) is 5.43. The predicted molar refractivity (Wildman–Crippen MR) is 118 cm³/mol. The molecule has 32 heavy (non-hydrogen) atoms. The van der Waals surface area contributed by atoms with Gasteiger partial charge in [0.1, 0.15) is 11.8 Å². The van der Waals surface area contributed by atoms with E-state index >= 15 is 0 Å². The van der Waals surface area contributed by atoms with Gasteiger partial charge in [-0.2, -0.15) is 0 Å². The number of nitro groups is 1. The van der Waals surface area contributed by atoms with Crippen LogP contribution in [0.4, 0.5) is 5.69 Å². The lowest BCUT2D eigenvalue weighted by molar-refractivity contribution is -0.384. The van der Waals surface area contributed by atoms with Crippen molar-refractivity contribution in [1.29, 1.82) is 0 Å². The van der Waals surface area contributed by atoms with E-state index in [9.17, 15) is 19.7 Å². The summed E-state index contributed by atoms with van der Waals surface area (Å²) in [6.07, 6.45) is 4.17. The van der Waals surface area contributed by atoms with Gasteiger partial charge in [-0.3, -0.25) is 14.9 Å². The summed E-state index contributed by atoms with van der Waals surface area (Å²) in [6.45, 7) is 0. The Morgan fingerprint density at radius 1 is 1.03 bits per heavy atom. The Bertz CT molecular complexity index is 949. The van der Waals surface area contributed by atoms with E-state index < -0.39 is 22.3 Å². The molecule has 8 nitrogen and oxygen atoms in total. The zero-order valence-electron chi connectivity index (χ0n) is 18.3. The number of nitrogens with one attached hydrogen (secondary N) is 1. The van der Waals surface area contributed by atoms with Crippen LogP contribution in [-0.4, -0.2) is 37.1 Å². The van der Waals surface area contributed by atoms with Gasteiger partial charge >= 0.3 is 5.97 Å². The first-order valence-corrected chi connectivity index (χ1v) is 10.6. The summed E-state index contributed by atoms with van der Waals surface area (Å²) in [5, 5.41) is 13.8. The van der Waals surface area contributed by atoms with Crippen LogP contribution in [0.25, 0.3) is 0 Å². The number of nitro benzene ring substituents is 1. The first-order chi connectivity index (χ1) is 15.4. The largest absolute Gasteiger partial charge is 0.497 e. The van der Waals surface area contributed by atoms with Gasteiger partial charge in [0.15, 0.2) is 0 Å². The third-order valence-corrected chi connectivity index (χ3v) is 6.12. The van der Waals surface area contributed by atoms with Crippen LogP contribution in [0.5, 0.6) is 5.75 Å². The number of carbonyl (C=O) groups is 2. The van der Waals surface area contributed by atoms with Crippen LogP contribution in [0.3, 0.4) is 0 Å². The van der Waals surface area contributed by atoms with Crippen molar-refractivity contribution in [1.82, 2.24) is 5.32 Å². The van der Waals surface area contributed by atoms with Crippen molar-refractivity contribution in [2.75, 3.05) is 14.2 Å². The average Bonchev–Trinajstić information content (AvgIpc) is 3.28. The van der Waals surface area contributed by atoms with Gasteiger partial charge in [-0.1, -0.05) is 37.1 Å². The minimum absolute atomic E-state index is 0.0307. The van der Waals surface area contributed by atoms with E-state index in [1.807, 2.05) is 24.3 Å². The molecule has 1 saturated carbocycles. The number of hydrogen-bond acceptors (Lipinski definition) is 6. The zero-order chi connectivity index (χ0) is 23.1. The molecule has 170 valence electrons. The number of rotatable bonds is 9. The maximum atomic E-state index is 13.4. The van der Waals surface area contributed by atoms with E-state index in [1.54, 1.807) is 19.2 Å². The Balaban J connectivity index is 1.76. The Labute approximate surface area is 187 Å². The second-order valence-electron chi connectivity index (χ2n) is 8.19. The molecular formula is C24H28N2O6. The van der Waals surface area contributed by atoms with Crippen LogP contribution in [0, 0.1) is 15.5 Å². The highest BCUT2D eigenvalue weighted by Gasteiger charge is 2.42. The molecule has 2 aromatic rings. The van der Waals surface area contributed by atoms with E-state index in [1.165, 1.54) is 19.2 Å². The van der Waals surface area contributed by atoms with Crippen molar-refractivity contribution in [2.24, 2.45) is 5.41 Å². The fourth-order valence-corrected chi connectivity index (χ4v) is 4.31. The molecule has 8 heteroatoms. The molecule has 1 aliphatic rings. The third-order valence-electron chi connectivity index (χ3n) is 6.12. The molecule has 3 rings (SSSR count). The summed E-state index contributed by atoms with van der Waals surface area (Å²) >= 11 is 0. The molecule has 1 atom stereocenters. The summed E-state index contributed by atoms with van der Waals surface area (Å²) in [4.78, 5) is 36.2. The average molecular weight is 440 g/mol. The van der Waals surface area contributed by atoms with E-state index in [0.717, 1.165) is 37.0 Å². The minimum Gasteiger partial charge on any atom is -0.497 e. The van der Waals surface area contributed by atoms with Gasteiger partial charge in [0.05, 0.1) is 24.6 Å². The second-order valence-corrected chi connectivity index (χ2v) is 8.19. The number of carbonyl (C=O) groups excluding carboxylic acids is 2. The summed E-state index contributed by atoms with van der Waals surface area (Å²) in [6, 6.07) is 12.7. The first-order valence-electron chi connectivity index (χ1n) is 10.6. The Morgan fingerprint density at radius 2 is 1.62 bits per heavy atom. The van der Waals surface area contributed by atoms with E-state index in [0.29, 0.717) is 12.0 Å². The molecule has 0 spiro atoms. The Morgan fingerprint density at radius 3 is 2.16 bits per heavy atom. The van der Waals surface area contributed by atoms with Crippen molar-refractivity contribution in [2.45, 2.75) is 44.6 Å². The quantitative estimate of drug-likeness (QED) is 0.363. The lowest BCUT2D eigenvalue weighted by Crippen LogP contribution is -2.49. The van der Waals surface area contributed by atoms with E-state index in [-0.39, 0.29) is 18.0 Å². The molecular weight excluding hydrogens is 412 g/mol. The summed E-state index contributed by atoms with van der Waals surface area (Å²) in [7, 11) is 2.89. The standard InChI is InChI=1S/C24H28N2O6/c1-31-20-11-7-18(8-12-20)16-24(13-3-4-14-24)23(28)25-21(22(27)32-2)15-17-5-9-19(10-6-17)26(29)30/h5-12,21H,3-4,13-16H2,1-2H3,(H,25,28). The van der Waals surface area contributed by atoms with Crippen LogP contribution in [-0.2, 0) is 27.2 Å². The molecule has 2 aromatic carbocycles. The van der Waals surface area contributed by atoms with Crippen molar-refractivity contribution < 1.29 is 24.0 Å². The van der Waals surface area contributed by atoms with Crippen LogP contribution in [0.2, 0.25) is 0 Å². The molecule has 1 N–H and O–H groups in total. The van der Waals surface area contributed by atoms with Gasteiger partial charge in [-0.25, -0.2) is 4.79 Å². The van der Waals surface area contributed by atoms with Crippen LogP contribution in [0.15, 0.2) is 48.5 Å². The van der Waals surface area contributed by atoms with Gasteiger partial charge in [0.25, 0.3) is 5.69 Å². The monoisotopic (exact) mass is 440 g/mol. The fraction of sp³-hybridized carbons (Fsp3) is 0.417. The predicted octanol–water partition coefficient (Wildman–Crippen LogP) is 3.61. The molecule has 0 bridgehead atoms. The number of benzene rings is 2. The van der Waals surface area contributed by atoms with Gasteiger partial charge in [0, 0.05) is 18.6 Å². The van der Waals surface area contributed by atoms with Crippen LogP contribution >= 0.6 is 0 Å². The number of hydrogen-bond donors (Lipinski definition) is 1. The number of amides is 1. The summed E-state index contributed by atoms with van der Waals surface area (Å²) < 4.78 is 10.1. The fourth-order valence-electron chi connectivity index (χ4n) is 4.31. The highest BCUT2D eigenvalue weighted by molar-refractivity contribution is 5.88. The summed E-state index contributed by atoms with van der Waals surface area (Å²) in [5.41, 5.74) is 1.11. The van der Waals surface area contributed by atoms with Crippen LogP contribution in [0.1, 0.15) is 36.8 Å². The van der Waals surface area contributed by atoms with Crippen molar-refractivity contribution >= 4 is 17.6 Å². The highest BCUT2D eigenvalue weighted by Crippen LogP contribution is 2.41. The Hall–Kier alpha value is -3.42. The first kappa shape index (κ1) is 23.2. The number of ether oxygens (including phenoxy) is 2. The van der Waals surface area contributed by atoms with Gasteiger partial charge in [0.2, 0.25) is 5.91 Å².